The Morgan fingerprint density at radius 2 is 1.77 bits per heavy atom. The van der Waals surface area contributed by atoms with E-state index in [2.05, 4.69) is 0 Å². The molecule has 9 nitrogen and oxygen atoms in total. The number of amides is 2. The number of aliphatic carboxylic acids is 1. The van der Waals surface area contributed by atoms with Crippen molar-refractivity contribution in [2.75, 3.05) is 32.8 Å². The number of carbonyl (C=O) groups excluding carboxylic acids is 2. The molecular weight excluding hydrogens is 412 g/mol. The lowest BCUT2D eigenvalue weighted by atomic mass is 9.88. The Morgan fingerprint density at radius 1 is 1.17 bits per heavy atom. The van der Waals surface area contributed by atoms with Crippen LogP contribution in [-0.4, -0.2) is 76.9 Å². The van der Waals surface area contributed by atoms with Gasteiger partial charge in [0, 0.05) is 43.7 Å². The number of hydrogen-bond acceptors (Lipinski definition) is 5. The highest BCUT2D eigenvalue weighted by molar-refractivity contribution is 5.98. The van der Waals surface area contributed by atoms with Crippen LogP contribution >= 0.6 is 12.4 Å². The SMILES string of the molecule is Cl.N=C(N)c1ccc(C(=O)N2CCC3(CC2)CN(CCCC(=O)O)C(=O)CO3)cc1. The smallest absolute Gasteiger partial charge is 0.303 e. The van der Waals surface area contributed by atoms with Crippen LogP contribution in [0.25, 0.3) is 0 Å². The topological polar surface area (TPSA) is 137 Å². The molecule has 0 aromatic heterocycles. The maximum absolute atomic E-state index is 12.8. The average Bonchev–Trinajstić information content (AvgIpc) is 2.71. The van der Waals surface area contributed by atoms with Crippen molar-refractivity contribution in [2.45, 2.75) is 31.3 Å². The summed E-state index contributed by atoms with van der Waals surface area (Å²) in [7, 11) is 0. The van der Waals surface area contributed by atoms with E-state index in [-0.39, 0.29) is 43.1 Å². The number of morpholine rings is 1. The highest BCUT2D eigenvalue weighted by Crippen LogP contribution is 2.31. The molecule has 0 atom stereocenters. The Bertz CT molecular complexity index is 806. The quantitative estimate of drug-likeness (QED) is 0.449. The molecule has 2 saturated heterocycles. The Kier molecular flexibility index (Phi) is 7.80. The normalized spacial score (nSPS) is 18.1. The van der Waals surface area contributed by atoms with Gasteiger partial charge >= 0.3 is 5.97 Å². The van der Waals surface area contributed by atoms with Crippen molar-refractivity contribution in [2.24, 2.45) is 5.73 Å². The minimum Gasteiger partial charge on any atom is -0.481 e. The predicted octanol–water partition coefficient (Wildman–Crippen LogP) is 1.09. The fraction of sp³-hybridized carbons (Fsp3) is 0.500. The monoisotopic (exact) mass is 438 g/mol. The van der Waals surface area contributed by atoms with E-state index < -0.39 is 11.6 Å². The molecule has 0 unspecified atom stereocenters. The maximum Gasteiger partial charge on any atom is 0.303 e. The molecule has 2 amide bonds. The second kappa shape index (κ2) is 9.90. The molecule has 0 aliphatic carbocycles. The predicted molar refractivity (Wildman–Crippen MR) is 112 cm³/mol. The van der Waals surface area contributed by atoms with Gasteiger partial charge in [0.15, 0.2) is 0 Å². The van der Waals surface area contributed by atoms with Crippen molar-refractivity contribution < 1.29 is 24.2 Å². The Hall–Kier alpha value is -2.65. The Morgan fingerprint density at radius 3 is 2.33 bits per heavy atom. The van der Waals surface area contributed by atoms with E-state index in [9.17, 15) is 14.4 Å². The molecule has 30 heavy (non-hydrogen) atoms. The van der Waals surface area contributed by atoms with Crippen LogP contribution in [-0.2, 0) is 14.3 Å². The first-order chi connectivity index (χ1) is 13.8. The van der Waals surface area contributed by atoms with Crippen LogP contribution in [0.4, 0.5) is 0 Å². The first kappa shape index (κ1) is 23.6. The number of benzene rings is 1. The van der Waals surface area contributed by atoms with Crippen LogP contribution in [0.15, 0.2) is 24.3 Å². The van der Waals surface area contributed by atoms with Gasteiger partial charge in [-0.05, 0) is 31.4 Å². The summed E-state index contributed by atoms with van der Waals surface area (Å²) in [6.07, 6.45) is 1.68. The van der Waals surface area contributed by atoms with Crippen molar-refractivity contribution in [1.29, 1.82) is 5.41 Å². The molecule has 0 radical (unpaired) electrons. The summed E-state index contributed by atoms with van der Waals surface area (Å²) in [5, 5.41) is 16.2. The van der Waals surface area contributed by atoms with Gasteiger partial charge in [-0.2, -0.15) is 0 Å². The summed E-state index contributed by atoms with van der Waals surface area (Å²) in [6.45, 7) is 1.87. The second-order valence-corrected chi connectivity index (χ2v) is 7.57. The number of carbonyl (C=O) groups is 3. The van der Waals surface area contributed by atoms with Crippen molar-refractivity contribution in [3.63, 3.8) is 0 Å². The molecule has 164 valence electrons. The van der Waals surface area contributed by atoms with Crippen LogP contribution in [0.5, 0.6) is 0 Å². The van der Waals surface area contributed by atoms with Gasteiger partial charge in [0.2, 0.25) is 5.91 Å². The number of hydrogen-bond donors (Lipinski definition) is 3. The molecule has 2 heterocycles. The third-order valence-corrected chi connectivity index (χ3v) is 5.56. The van der Waals surface area contributed by atoms with Gasteiger partial charge in [0.1, 0.15) is 12.4 Å². The third-order valence-electron chi connectivity index (χ3n) is 5.56. The Labute approximate surface area is 181 Å². The molecule has 1 spiro atoms. The summed E-state index contributed by atoms with van der Waals surface area (Å²) in [5.74, 6) is -1.12. The highest BCUT2D eigenvalue weighted by atomic mass is 35.5. The zero-order chi connectivity index (χ0) is 21.0. The Balaban J connectivity index is 0.00000320. The lowest BCUT2D eigenvalue weighted by Crippen LogP contribution is -2.59. The fourth-order valence-electron chi connectivity index (χ4n) is 3.81. The molecule has 2 aliphatic heterocycles. The summed E-state index contributed by atoms with van der Waals surface area (Å²) < 4.78 is 5.87. The number of piperidine rings is 1. The molecular formula is C20H27ClN4O5. The van der Waals surface area contributed by atoms with Gasteiger partial charge in [-0.15, -0.1) is 12.4 Å². The van der Waals surface area contributed by atoms with E-state index >= 15 is 0 Å². The third kappa shape index (κ3) is 5.48. The van der Waals surface area contributed by atoms with Crippen LogP contribution in [0, 0.1) is 5.41 Å². The number of nitrogen functional groups attached to an aromatic ring is 1. The van der Waals surface area contributed by atoms with Crippen molar-refractivity contribution >= 4 is 36.0 Å². The van der Waals surface area contributed by atoms with Gasteiger partial charge in [0.05, 0.1) is 5.60 Å². The van der Waals surface area contributed by atoms with E-state index in [4.69, 9.17) is 21.0 Å². The van der Waals surface area contributed by atoms with Crippen LogP contribution < -0.4 is 5.73 Å². The second-order valence-electron chi connectivity index (χ2n) is 7.57. The van der Waals surface area contributed by atoms with Crippen molar-refractivity contribution in [3.8, 4) is 0 Å². The number of likely N-dealkylation sites (tertiary alicyclic amines) is 1. The maximum atomic E-state index is 12.8. The number of carboxylic acids is 1. The number of rotatable bonds is 6. The van der Waals surface area contributed by atoms with E-state index in [1.165, 1.54) is 0 Å². The van der Waals surface area contributed by atoms with Crippen molar-refractivity contribution in [1.82, 2.24) is 9.80 Å². The number of nitrogens with zero attached hydrogens (tertiary/aromatic N) is 2. The van der Waals surface area contributed by atoms with Gasteiger partial charge < -0.3 is 25.4 Å². The molecule has 4 N–H and O–H groups in total. The average molecular weight is 439 g/mol. The lowest BCUT2D eigenvalue weighted by molar-refractivity contribution is -0.170. The number of nitrogens with two attached hydrogens (primary N) is 1. The highest BCUT2D eigenvalue weighted by Gasteiger charge is 2.42. The first-order valence-electron chi connectivity index (χ1n) is 9.67. The minimum atomic E-state index is -0.872. The summed E-state index contributed by atoms with van der Waals surface area (Å²) >= 11 is 0. The van der Waals surface area contributed by atoms with E-state index in [0.717, 1.165) is 0 Å². The molecule has 0 bridgehead atoms. The number of ether oxygens (including phenoxy) is 1. The molecule has 3 rings (SSSR count). The molecule has 2 fully saturated rings. The molecule has 1 aromatic carbocycles. The number of nitrogens with one attached hydrogen (secondary N) is 1. The summed E-state index contributed by atoms with van der Waals surface area (Å²) in [5.41, 5.74) is 6.08. The largest absolute Gasteiger partial charge is 0.481 e. The van der Waals surface area contributed by atoms with Crippen LogP contribution in [0.3, 0.4) is 0 Å². The van der Waals surface area contributed by atoms with Gasteiger partial charge in [-0.25, -0.2) is 0 Å². The zero-order valence-electron chi connectivity index (χ0n) is 16.6. The number of carboxylic acid groups (broad SMARTS) is 1. The fourth-order valence-corrected chi connectivity index (χ4v) is 3.81. The molecule has 1 aromatic rings. The summed E-state index contributed by atoms with van der Waals surface area (Å²) in [4.78, 5) is 39.0. The van der Waals surface area contributed by atoms with Crippen molar-refractivity contribution in [3.05, 3.63) is 35.4 Å². The summed E-state index contributed by atoms with van der Waals surface area (Å²) in [6, 6.07) is 6.66. The van der Waals surface area contributed by atoms with E-state index in [1.807, 2.05) is 0 Å². The molecule has 2 aliphatic rings. The van der Waals surface area contributed by atoms with Gasteiger partial charge in [-0.1, -0.05) is 12.1 Å². The van der Waals surface area contributed by atoms with Gasteiger partial charge in [0.25, 0.3) is 5.91 Å². The number of amidine groups is 1. The molecule has 10 heteroatoms. The van der Waals surface area contributed by atoms with Crippen LogP contribution in [0.1, 0.15) is 41.6 Å². The first-order valence-corrected chi connectivity index (χ1v) is 9.67. The standard InChI is InChI=1S/C20H26N4O5.ClH/c21-18(22)14-3-5-15(6-4-14)19(28)23-10-7-20(8-11-23)13-24(16(25)12-29-20)9-1-2-17(26)27;/h3-6H,1-2,7-13H2,(H3,21,22)(H,26,27);1H. The van der Waals surface area contributed by atoms with Crippen LogP contribution in [0.2, 0.25) is 0 Å². The lowest BCUT2D eigenvalue weighted by Gasteiger charge is -2.47. The van der Waals surface area contributed by atoms with E-state index in [1.54, 1.807) is 34.1 Å². The number of halogens is 1. The van der Waals surface area contributed by atoms with E-state index in [0.29, 0.717) is 56.6 Å². The molecule has 0 saturated carbocycles. The minimum absolute atomic E-state index is 0. The van der Waals surface area contributed by atoms with Gasteiger partial charge in [-0.3, -0.25) is 19.8 Å². The zero-order valence-corrected chi connectivity index (χ0v) is 17.5.